The second-order valence-electron chi connectivity index (χ2n) is 6.53. The first-order chi connectivity index (χ1) is 12.0. The third-order valence-corrected chi connectivity index (χ3v) is 3.09. The lowest BCUT2D eigenvalue weighted by Crippen LogP contribution is -2.53. The first-order valence-corrected chi connectivity index (χ1v) is 8.04. The molecule has 0 heterocycles. The van der Waals surface area contributed by atoms with E-state index in [1.54, 1.807) is 27.7 Å². The van der Waals surface area contributed by atoms with E-state index in [4.69, 9.17) is 4.74 Å². The van der Waals surface area contributed by atoms with Crippen LogP contribution in [0.2, 0.25) is 0 Å². The highest BCUT2D eigenvalue weighted by atomic mass is 19.1. The fourth-order valence-electron chi connectivity index (χ4n) is 1.87. The molecule has 0 aliphatic heterocycles. The summed E-state index contributed by atoms with van der Waals surface area (Å²) in [5.74, 6) is -2.84. The van der Waals surface area contributed by atoms with Crippen LogP contribution in [-0.2, 0) is 20.7 Å². The van der Waals surface area contributed by atoms with Crippen LogP contribution in [0, 0.1) is 11.6 Å². The second-order valence-corrected chi connectivity index (χ2v) is 6.53. The molecule has 0 aliphatic rings. The number of hydrogen-bond acceptors (Lipinski definition) is 4. The van der Waals surface area contributed by atoms with Gasteiger partial charge in [-0.15, -0.1) is 0 Å². The Kier molecular flexibility index (Phi) is 7.48. The lowest BCUT2D eigenvalue weighted by molar-refractivity contribution is -0.129. The van der Waals surface area contributed by atoms with Gasteiger partial charge in [0.1, 0.15) is 23.3 Å². The predicted molar refractivity (Wildman–Crippen MR) is 89.8 cm³/mol. The number of rotatable bonds is 5. The summed E-state index contributed by atoms with van der Waals surface area (Å²) in [5, 5.41) is 2.32. The Morgan fingerprint density at radius 3 is 2.35 bits per heavy atom. The molecule has 0 saturated carbocycles. The summed E-state index contributed by atoms with van der Waals surface area (Å²) in [6.45, 7) is 6.51. The van der Waals surface area contributed by atoms with Crippen LogP contribution >= 0.6 is 0 Å². The van der Waals surface area contributed by atoms with Crippen molar-refractivity contribution in [2.24, 2.45) is 0 Å². The zero-order chi connectivity index (χ0) is 19.9. The fraction of sp³-hybridized carbons (Fsp3) is 0.471. The lowest BCUT2D eigenvalue weighted by Gasteiger charge is -2.23. The highest BCUT2D eigenvalue weighted by Gasteiger charge is 2.26. The number of amides is 3. The maximum Gasteiger partial charge on any atom is 0.408 e. The van der Waals surface area contributed by atoms with E-state index in [0.717, 1.165) is 6.07 Å². The number of carbonyl (C=O) groups excluding carboxylic acids is 3. The Bertz CT molecular complexity index is 674. The Hall–Kier alpha value is -2.71. The van der Waals surface area contributed by atoms with Crippen molar-refractivity contribution in [3.05, 3.63) is 35.4 Å². The zero-order valence-corrected chi connectivity index (χ0v) is 15.1. The minimum atomic E-state index is -1.25. The first-order valence-electron chi connectivity index (χ1n) is 8.04. The van der Waals surface area contributed by atoms with Gasteiger partial charge in [-0.3, -0.25) is 20.4 Å². The summed E-state index contributed by atoms with van der Waals surface area (Å²) in [6.07, 6.45) is -1.02. The largest absolute Gasteiger partial charge is 0.444 e. The van der Waals surface area contributed by atoms with Gasteiger partial charge in [0.2, 0.25) is 5.91 Å². The van der Waals surface area contributed by atoms with Crippen LogP contribution in [0.3, 0.4) is 0 Å². The molecule has 1 aromatic rings. The lowest BCUT2D eigenvalue weighted by atomic mass is 10.0. The number of carbonyl (C=O) groups is 3. The van der Waals surface area contributed by atoms with Gasteiger partial charge in [-0.1, -0.05) is 13.0 Å². The molecule has 1 aromatic carbocycles. The molecular weight excluding hydrogens is 348 g/mol. The summed E-state index contributed by atoms with van der Waals surface area (Å²) in [6, 6.07) is 1.64. The minimum Gasteiger partial charge on any atom is -0.444 e. The van der Waals surface area contributed by atoms with E-state index in [1.807, 2.05) is 0 Å². The van der Waals surface area contributed by atoms with Crippen LogP contribution in [0.4, 0.5) is 13.6 Å². The molecule has 26 heavy (non-hydrogen) atoms. The Labute approximate surface area is 150 Å². The van der Waals surface area contributed by atoms with Crippen LogP contribution in [0.1, 0.15) is 39.7 Å². The Morgan fingerprint density at radius 2 is 1.81 bits per heavy atom. The van der Waals surface area contributed by atoms with Gasteiger partial charge in [0, 0.05) is 18.9 Å². The summed E-state index contributed by atoms with van der Waals surface area (Å²) >= 11 is 0. The van der Waals surface area contributed by atoms with E-state index in [9.17, 15) is 23.2 Å². The summed E-state index contributed by atoms with van der Waals surface area (Å²) < 4.78 is 32.0. The zero-order valence-electron chi connectivity index (χ0n) is 15.1. The number of nitrogens with one attached hydrogen (secondary N) is 3. The van der Waals surface area contributed by atoms with Crippen LogP contribution < -0.4 is 16.2 Å². The van der Waals surface area contributed by atoms with Gasteiger partial charge >= 0.3 is 6.09 Å². The maximum atomic E-state index is 13.9. The molecule has 1 rings (SSSR count). The maximum absolute atomic E-state index is 13.9. The summed E-state index contributed by atoms with van der Waals surface area (Å²) in [4.78, 5) is 35.5. The predicted octanol–water partition coefficient (Wildman–Crippen LogP) is 1.96. The monoisotopic (exact) mass is 371 g/mol. The second kappa shape index (κ2) is 9.12. The van der Waals surface area contributed by atoms with Crippen LogP contribution in [0.15, 0.2) is 18.2 Å². The SMILES string of the molecule is CCC(=O)NNC(=O)[C@H](Cc1ccc(F)cc1F)NC(=O)OC(C)(C)C. The molecule has 3 N–H and O–H groups in total. The highest BCUT2D eigenvalue weighted by Crippen LogP contribution is 2.13. The third kappa shape index (κ3) is 7.45. The van der Waals surface area contributed by atoms with E-state index < -0.39 is 41.2 Å². The molecular formula is C17H23F2N3O4. The van der Waals surface area contributed by atoms with Crippen LogP contribution in [0.5, 0.6) is 0 Å². The molecule has 0 unspecified atom stereocenters. The molecule has 3 amide bonds. The van der Waals surface area contributed by atoms with Crippen molar-refractivity contribution in [1.82, 2.24) is 16.2 Å². The minimum absolute atomic E-state index is 0.0180. The Morgan fingerprint density at radius 1 is 1.15 bits per heavy atom. The molecule has 9 heteroatoms. The average molecular weight is 371 g/mol. The van der Waals surface area contributed by atoms with Crippen molar-refractivity contribution >= 4 is 17.9 Å². The third-order valence-electron chi connectivity index (χ3n) is 3.09. The van der Waals surface area contributed by atoms with E-state index in [2.05, 4.69) is 16.2 Å². The van der Waals surface area contributed by atoms with E-state index in [-0.39, 0.29) is 18.4 Å². The molecule has 144 valence electrons. The van der Waals surface area contributed by atoms with Crippen molar-refractivity contribution in [3.8, 4) is 0 Å². The number of benzene rings is 1. The van der Waals surface area contributed by atoms with Gasteiger partial charge in [-0.25, -0.2) is 13.6 Å². The van der Waals surface area contributed by atoms with Crippen molar-refractivity contribution in [2.45, 2.75) is 52.2 Å². The van der Waals surface area contributed by atoms with Crippen molar-refractivity contribution in [3.63, 3.8) is 0 Å². The molecule has 0 spiro atoms. The standard InChI is InChI=1S/C17H23F2N3O4/c1-5-14(23)21-22-15(24)13(20-16(25)26-17(2,3)4)8-10-6-7-11(18)9-12(10)19/h6-7,9,13H,5,8H2,1-4H3,(H,20,25)(H,21,23)(H,22,24)/t13-/m0/s1. The highest BCUT2D eigenvalue weighted by molar-refractivity contribution is 5.88. The molecule has 0 aliphatic carbocycles. The van der Waals surface area contributed by atoms with Crippen molar-refractivity contribution < 1.29 is 27.9 Å². The Balaban J connectivity index is 2.91. The molecule has 0 saturated heterocycles. The molecule has 7 nitrogen and oxygen atoms in total. The number of ether oxygens (including phenoxy) is 1. The average Bonchev–Trinajstić information content (AvgIpc) is 2.52. The molecule has 0 radical (unpaired) electrons. The van der Waals surface area contributed by atoms with E-state index in [0.29, 0.717) is 6.07 Å². The normalized spacial score (nSPS) is 12.1. The molecule has 0 bridgehead atoms. The van der Waals surface area contributed by atoms with Crippen LogP contribution in [0.25, 0.3) is 0 Å². The van der Waals surface area contributed by atoms with Gasteiger partial charge in [0.25, 0.3) is 5.91 Å². The van der Waals surface area contributed by atoms with Crippen molar-refractivity contribution in [2.75, 3.05) is 0 Å². The molecule has 0 fully saturated rings. The van der Waals surface area contributed by atoms with Gasteiger partial charge in [-0.05, 0) is 32.4 Å². The number of hydrogen-bond donors (Lipinski definition) is 3. The topological polar surface area (TPSA) is 96.5 Å². The quantitative estimate of drug-likeness (QED) is 0.690. The number of hydrazine groups is 1. The van der Waals surface area contributed by atoms with Gasteiger partial charge in [-0.2, -0.15) is 0 Å². The van der Waals surface area contributed by atoms with Gasteiger partial charge in [0.15, 0.2) is 0 Å². The summed E-state index contributed by atoms with van der Waals surface area (Å²) in [7, 11) is 0. The van der Waals surface area contributed by atoms with E-state index in [1.165, 1.54) is 6.07 Å². The van der Waals surface area contributed by atoms with Crippen LogP contribution in [-0.4, -0.2) is 29.6 Å². The van der Waals surface area contributed by atoms with Gasteiger partial charge in [0.05, 0.1) is 0 Å². The van der Waals surface area contributed by atoms with Crippen molar-refractivity contribution in [1.29, 1.82) is 0 Å². The number of alkyl carbamates (subject to hydrolysis) is 1. The first kappa shape index (κ1) is 21.3. The van der Waals surface area contributed by atoms with Gasteiger partial charge < -0.3 is 10.1 Å². The molecule has 1 atom stereocenters. The van der Waals surface area contributed by atoms with E-state index >= 15 is 0 Å². The fourth-order valence-corrected chi connectivity index (χ4v) is 1.87. The smallest absolute Gasteiger partial charge is 0.408 e. The number of halogens is 2. The summed E-state index contributed by atoms with van der Waals surface area (Å²) in [5.41, 5.74) is 3.52. The molecule has 0 aromatic heterocycles.